The zero-order chi connectivity index (χ0) is 24.1. The molecule has 3 rings (SSSR count). The first kappa shape index (κ1) is 25.6. The average Bonchev–Trinajstić information content (AvgIpc) is 2.57. The van der Waals surface area contributed by atoms with E-state index in [4.69, 9.17) is 13.9 Å². The van der Waals surface area contributed by atoms with Gasteiger partial charge in [0.2, 0.25) is 0 Å². The van der Waals surface area contributed by atoms with Crippen LogP contribution in [-0.2, 0) is 13.9 Å². The van der Waals surface area contributed by atoms with Crippen LogP contribution in [0.25, 0.3) is 0 Å². The molecule has 1 aliphatic heterocycles. The number of aliphatic hydroxyl groups excluding tert-OH is 2. The van der Waals surface area contributed by atoms with Gasteiger partial charge in [0.15, 0.2) is 14.1 Å². The summed E-state index contributed by atoms with van der Waals surface area (Å²) >= 11 is 0. The molecule has 0 radical (unpaired) electrons. The van der Waals surface area contributed by atoms with Gasteiger partial charge in [-0.25, -0.2) is 0 Å². The van der Waals surface area contributed by atoms with Crippen molar-refractivity contribution in [3.05, 3.63) is 0 Å². The van der Waals surface area contributed by atoms with E-state index in [1.165, 1.54) is 0 Å². The minimum absolute atomic E-state index is 0.0193. The largest absolute Gasteiger partial charge is 0.414 e. The van der Waals surface area contributed by atoms with Gasteiger partial charge in [-0.15, -0.1) is 0 Å². The molecule has 0 aromatic carbocycles. The second kappa shape index (κ2) is 7.00. The highest BCUT2D eigenvalue weighted by molar-refractivity contribution is 6.74. The molecular formula is C24H46O6Si. The second-order valence-electron chi connectivity index (χ2n) is 13.4. The van der Waals surface area contributed by atoms with E-state index in [9.17, 15) is 15.3 Å². The van der Waals surface area contributed by atoms with E-state index in [1.54, 1.807) is 6.92 Å². The van der Waals surface area contributed by atoms with Crippen LogP contribution in [0.4, 0.5) is 0 Å². The molecule has 0 bridgehead atoms. The Hall–Kier alpha value is -0.0231. The fourth-order valence-electron chi connectivity index (χ4n) is 6.61. The smallest absolute Gasteiger partial charge is 0.192 e. The molecule has 1 saturated heterocycles. The number of ether oxygens (including phenoxy) is 2. The van der Waals surface area contributed by atoms with Crippen molar-refractivity contribution in [1.82, 2.24) is 0 Å². The van der Waals surface area contributed by atoms with Gasteiger partial charge in [0.25, 0.3) is 0 Å². The normalized spacial score (nSPS) is 47.0. The van der Waals surface area contributed by atoms with Gasteiger partial charge < -0.3 is 29.2 Å². The van der Waals surface area contributed by atoms with Crippen molar-refractivity contribution in [3.8, 4) is 0 Å². The summed E-state index contributed by atoms with van der Waals surface area (Å²) in [6, 6.07) is 0. The maximum absolute atomic E-state index is 11.9. The maximum Gasteiger partial charge on any atom is 0.192 e. The second-order valence-corrected chi connectivity index (χ2v) is 18.2. The third kappa shape index (κ3) is 3.41. The lowest BCUT2D eigenvalue weighted by Crippen LogP contribution is -2.86. The third-order valence-corrected chi connectivity index (χ3v) is 13.9. The summed E-state index contributed by atoms with van der Waals surface area (Å²) in [5.41, 5.74) is -4.00. The van der Waals surface area contributed by atoms with Crippen LogP contribution in [0.5, 0.6) is 0 Å². The van der Waals surface area contributed by atoms with Gasteiger partial charge in [-0.05, 0) is 57.2 Å². The van der Waals surface area contributed by atoms with Crippen LogP contribution in [-0.4, -0.2) is 65.5 Å². The standard InChI is InChI=1S/C24H46O6Si/c1-19(2,3)31(10,11)28-14-24-22(8)15(29-21(6,7)30-24)12-13-20(4,5)17(22)16(25)18(26)23(24,9)27/h15-18,25-27H,12-14H2,1-11H3/t15-,16-,17-,18-,22-,23+,24-/m0/s1. The highest BCUT2D eigenvalue weighted by Crippen LogP contribution is 2.68. The van der Waals surface area contributed by atoms with Crippen LogP contribution in [0.2, 0.25) is 18.1 Å². The molecule has 3 fully saturated rings. The highest BCUT2D eigenvalue weighted by Gasteiger charge is 2.79. The van der Waals surface area contributed by atoms with E-state index in [0.717, 1.165) is 12.8 Å². The number of rotatable bonds is 3. The summed E-state index contributed by atoms with van der Waals surface area (Å²) in [6.45, 7) is 22.7. The molecule has 0 unspecified atom stereocenters. The van der Waals surface area contributed by atoms with E-state index in [2.05, 4.69) is 54.6 Å². The van der Waals surface area contributed by atoms with Crippen LogP contribution in [0.15, 0.2) is 0 Å². The molecule has 7 heteroatoms. The fraction of sp³-hybridized carbons (Fsp3) is 1.00. The molecule has 0 aromatic rings. The van der Waals surface area contributed by atoms with E-state index < -0.39 is 42.9 Å². The lowest BCUT2D eigenvalue weighted by molar-refractivity contribution is -0.466. The molecule has 6 nitrogen and oxygen atoms in total. The Morgan fingerprint density at radius 3 is 2.10 bits per heavy atom. The molecule has 0 amide bonds. The van der Waals surface area contributed by atoms with Gasteiger partial charge in [-0.2, -0.15) is 0 Å². The number of hydrogen-bond acceptors (Lipinski definition) is 6. The van der Waals surface area contributed by atoms with Gasteiger partial charge in [0, 0.05) is 11.3 Å². The van der Waals surface area contributed by atoms with Crippen molar-refractivity contribution in [1.29, 1.82) is 0 Å². The monoisotopic (exact) mass is 458 g/mol. The quantitative estimate of drug-likeness (QED) is 0.557. The van der Waals surface area contributed by atoms with Gasteiger partial charge in [-0.3, -0.25) is 0 Å². The summed E-state index contributed by atoms with van der Waals surface area (Å²) in [7, 11) is -2.20. The van der Waals surface area contributed by atoms with Crippen LogP contribution in [0.1, 0.15) is 75.2 Å². The summed E-state index contributed by atoms with van der Waals surface area (Å²) < 4.78 is 19.8. The molecule has 7 atom stereocenters. The minimum Gasteiger partial charge on any atom is -0.414 e. The predicted molar refractivity (Wildman–Crippen MR) is 123 cm³/mol. The van der Waals surface area contributed by atoms with Crippen LogP contribution >= 0.6 is 0 Å². The molecule has 1 heterocycles. The van der Waals surface area contributed by atoms with Crippen molar-refractivity contribution in [2.24, 2.45) is 16.7 Å². The molecule has 31 heavy (non-hydrogen) atoms. The lowest BCUT2D eigenvalue weighted by atomic mass is 9.41. The highest BCUT2D eigenvalue weighted by atomic mass is 28.4. The molecule has 182 valence electrons. The Bertz CT molecular complexity index is 711. The molecule has 0 aromatic heterocycles. The zero-order valence-corrected chi connectivity index (χ0v) is 22.5. The van der Waals surface area contributed by atoms with Gasteiger partial charge in [0.1, 0.15) is 17.3 Å². The molecular weight excluding hydrogens is 412 g/mol. The Kier molecular flexibility index (Phi) is 5.78. The molecule has 2 aliphatic carbocycles. The van der Waals surface area contributed by atoms with Crippen molar-refractivity contribution in [2.75, 3.05) is 6.61 Å². The minimum atomic E-state index is -2.20. The van der Waals surface area contributed by atoms with Crippen molar-refractivity contribution in [3.63, 3.8) is 0 Å². The third-order valence-electron chi connectivity index (χ3n) is 9.42. The molecule has 0 spiro atoms. The lowest BCUT2D eigenvalue weighted by Gasteiger charge is -2.74. The first-order valence-electron chi connectivity index (χ1n) is 11.8. The van der Waals surface area contributed by atoms with Crippen LogP contribution < -0.4 is 0 Å². The van der Waals surface area contributed by atoms with E-state index in [0.29, 0.717) is 0 Å². The topological polar surface area (TPSA) is 88.4 Å². The molecule has 3 aliphatic rings. The number of hydrogen-bond donors (Lipinski definition) is 3. The van der Waals surface area contributed by atoms with Crippen molar-refractivity contribution >= 4 is 8.32 Å². The fourth-order valence-corrected chi connectivity index (χ4v) is 7.61. The Morgan fingerprint density at radius 2 is 1.58 bits per heavy atom. The Balaban J connectivity index is 2.23. The van der Waals surface area contributed by atoms with E-state index in [1.807, 2.05) is 13.8 Å². The van der Waals surface area contributed by atoms with Crippen LogP contribution in [0.3, 0.4) is 0 Å². The maximum atomic E-state index is 11.9. The SMILES string of the molecule is CC1(C)O[C@H]2CCC(C)(C)[C@@H]3[C@H](O)[C@H](O)[C@@](C)(O)[C@@](CO[Si](C)(C)C(C)(C)C)(O1)[C@@]23C. The first-order chi connectivity index (χ1) is 13.7. The summed E-state index contributed by atoms with van der Waals surface area (Å²) in [4.78, 5) is 0. The molecule has 3 N–H and O–H groups in total. The van der Waals surface area contributed by atoms with E-state index >= 15 is 0 Å². The van der Waals surface area contributed by atoms with Gasteiger partial charge in [-0.1, -0.05) is 41.5 Å². The Morgan fingerprint density at radius 1 is 1.03 bits per heavy atom. The van der Waals surface area contributed by atoms with E-state index in [-0.39, 0.29) is 29.1 Å². The first-order valence-corrected chi connectivity index (χ1v) is 14.7. The molecule has 2 saturated carbocycles. The van der Waals surface area contributed by atoms with Gasteiger partial charge >= 0.3 is 0 Å². The summed E-state index contributed by atoms with van der Waals surface area (Å²) in [5, 5.41) is 34.5. The van der Waals surface area contributed by atoms with Crippen molar-refractivity contribution in [2.45, 2.75) is 129 Å². The predicted octanol–water partition coefficient (Wildman–Crippen LogP) is 3.83. The zero-order valence-electron chi connectivity index (χ0n) is 21.5. The van der Waals surface area contributed by atoms with Gasteiger partial charge in [0.05, 0.1) is 18.8 Å². The summed E-state index contributed by atoms with van der Waals surface area (Å²) in [6.07, 6.45) is -1.02. The average molecular weight is 459 g/mol. The summed E-state index contributed by atoms with van der Waals surface area (Å²) in [5.74, 6) is -1.29. The number of aliphatic hydroxyl groups is 3. The van der Waals surface area contributed by atoms with Crippen molar-refractivity contribution < 1.29 is 29.2 Å². The Labute approximate surface area is 189 Å². The van der Waals surface area contributed by atoms with Crippen LogP contribution in [0, 0.1) is 16.7 Å².